The summed E-state index contributed by atoms with van der Waals surface area (Å²) < 4.78 is 11.6. The largest absolute Gasteiger partial charge is 0.350 e. The SMILES string of the molecule is CCCCC1(C(C)C)OCCCO1. The van der Waals surface area contributed by atoms with Crippen molar-refractivity contribution in [2.24, 2.45) is 5.92 Å². The van der Waals surface area contributed by atoms with Gasteiger partial charge in [-0.1, -0.05) is 27.2 Å². The van der Waals surface area contributed by atoms with Crippen molar-refractivity contribution in [3.63, 3.8) is 0 Å². The third-order valence-electron chi connectivity index (χ3n) is 2.74. The van der Waals surface area contributed by atoms with Crippen LogP contribution in [0.5, 0.6) is 0 Å². The van der Waals surface area contributed by atoms with E-state index in [1.54, 1.807) is 0 Å². The molecule has 0 aliphatic carbocycles. The molecular weight excluding hydrogens is 164 g/mol. The Hall–Kier alpha value is -0.0800. The van der Waals surface area contributed by atoms with Crippen LogP contribution in [0.15, 0.2) is 0 Å². The molecule has 0 saturated carbocycles. The predicted octanol–water partition coefficient (Wildman–Crippen LogP) is 2.97. The summed E-state index contributed by atoms with van der Waals surface area (Å²) in [6.07, 6.45) is 4.49. The maximum atomic E-state index is 5.81. The van der Waals surface area contributed by atoms with Crippen LogP contribution in [0.25, 0.3) is 0 Å². The molecule has 0 radical (unpaired) electrons. The Labute approximate surface area is 81.6 Å². The van der Waals surface area contributed by atoms with Gasteiger partial charge in [0.2, 0.25) is 0 Å². The van der Waals surface area contributed by atoms with Gasteiger partial charge >= 0.3 is 0 Å². The van der Waals surface area contributed by atoms with Gasteiger partial charge in [0, 0.05) is 12.3 Å². The topological polar surface area (TPSA) is 18.5 Å². The Kier molecular flexibility index (Phi) is 4.20. The van der Waals surface area contributed by atoms with E-state index in [1.165, 1.54) is 12.8 Å². The highest BCUT2D eigenvalue weighted by molar-refractivity contribution is 4.76. The van der Waals surface area contributed by atoms with E-state index >= 15 is 0 Å². The molecular formula is C11H22O2. The molecule has 2 nitrogen and oxygen atoms in total. The minimum absolute atomic E-state index is 0.270. The Bertz CT molecular complexity index is 137. The fourth-order valence-corrected chi connectivity index (χ4v) is 1.78. The molecule has 0 atom stereocenters. The third kappa shape index (κ3) is 2.68. The second-order valence-corrected chi connectivity index (χ2v) is 4.12. The monoisotopic (exact) mass is 186 g/mol. The Balaban J connectivity index is 2.51. The summed E-state index contributed by atoms with van der Waals surface area (Å²) in [7, 11) is 0. The predicted molar refractivity (Wildman–Crippen MR) is 53.6 cm³/mol. The summed E-state index contributed by atoms with van der Waals surface area (Å²) in [5, 5.41) is 0. The molecule has 1 saturated heterocycles. The van der Waals surface area contributed by atoms with Gasteiger partial charge in [-0.05, 0) is 12.8 Å². The normalized spacial score (nSPS) is 22.2. The van der Waals surface area contributed by atoms with E-state index in [0.717, 1.165) is 26.1 Å². The number of rotatable bonds is 4. The summed E-state index contributed by atoms with van der Waals surface area (Å²) in [5.74, 6) is 0.188. The second-order valence-electron chi connectivity index (χ2n) is 4.12. The van der Waals surface area contributed by atoms with Crippen LogP contribution in [0.2, 0.25) is 0 Å². The standard InChI is InChI=1S/C11H22O2/c1-4-5-7-11(10(2)3)12-8-6-9-13-11/h10H,4-9H2,1-3H3. The van der Waals surface area contributed by atoms with Crippen molar-refractivity contribution < 1.29 is 9.47 Å². The van der Waals surface area contributed by atoms with Crippen molar-refractivity contribution in [2.75, 3.05) is 13.2 Å². The molecule has 0 aromatic rings. The summed E-state index contributed by atoms with van der Waals surface area (Å²) in [5.41, 5.74) is 0. The average molecular weight is 186 g/mol. The maximum Gasteiger partial charge on any atom is 0.170 e. The van der Waals surface area contributed by atoms with Crippen LogP contribution in [0, 0.1) is 5.92 Å². The van der Waals surface area contributed by atoms with Gasteiger partial charge in [0.25, 0.3) is 0 Å². The maximum absolute atomic E-state index is 5.81. The van der Waals surface area contributed by atoms with Crippen molar-refractivity contribution in [2.45, 2.75) is 52.2 Å². The molecule has 1 fully saturated rings. The average Bonchev–Trinajstić information content (AvgIpc) is 2.16. The van der Waals surface area contributed by atoms with Crippen LogP contribution < -0.4 is 0 Å². The van der Waals surface area contributed by atoms with Crippen LogP contribution in [-0.2, 0) is 9.47 Å². The van der Waals surface area contributed by atoms with E-state index < -0.39 is 0 Å². The van der Waals surface area contributed by atoms with Gasteiger partial charge in [0.1, 0.15) is 0 Å². The molecule has 1 aliphatic heterocycles. The first-order valence-corrected chi connectivity index (χ1v) is 5.49. The summed E-state index contributed by atoms with van der Waals surface area (Å²) in [4.78, 5) is 0. The van der Waals surface area contributed by atoms with Crippen LogP contribution >= 0.6 is 0 Å². The Morgan fingerprint density at radius 1 is 1.23 bits per heavy atom. The Morgan fingerprint density at radius 2 is 1.85 bits per heavy atom. The molecule has 0 aromatic carbocycles. The van der Waals surface area contributed by atoms with Crippen molar-refractivity contribution in [1.82, 2.24) is 0 Å². The number of ether oxygens (including phenoxy) is 2. The first kappa shape index (κ1) is 11.0. The molecule has 0 unspecified atom stereocenters. The third-order valence-corrected chi connectivity index (χ3v) is 2.74. The lowest BCUT2D eigenvalue weighted by atomic mass is 9.96. The van der Waals surface area contributed by atoms with E-state index in [1.807, 2.05) is 0 Å². The van der Waals surface area contributed by atoms with Gasteiger partial charge in [-0.25, -0.2) is 0 Å². The minimum atomic E-state index is -0.270. The molecule has 1 heterocycles. The molecule has 0 bridgehead atoms. The number of hydrogen-bond acceptors (Lipinski definition) is 2. The second kappa shape index (κ2) is 4.97. The first-order valence-electron chi connectivity index (χ1n) is 5.49. The van der Waals surface area contributed by atoms with E-state index in [4.69, 9.17) is 9.47 Å². The summed E-state index contributed by atoms with van der Waals surface area (Å²) in [6, 6.07) is 0. The van der Waals surface area contributed by atoms with Crippen LogP contribution in [-0.4, -0.2) is 19.0 Å². The molecule has 78 valence electrons. The van der Waals surface area contributed by atoms with Crippen LogP contribution in [0.1, 0.15) is 46.5 Å². The lowest BCUT2D eigenvalue weighted by molar-refractivity contribution is -0.292. The smallest absolute Gasteiger partial charge is 0.170 e. The zero-order valence-corrected chi connectivity index (χ0v) is 9.14. The fourth-order valence-electron chi connectivity index (χ4n) is 1.78. The van der Waals surface area contributed by atoms with Crippen molar-refractivity contribution in [3.05, 3.63) is 0 Å². The highest BCUT2D eigenvalue weighted by Crippen LogP contribution is 2.32. The lowest BCUT2D eigenvalue weighted by Crippen LogP contribution is -2.45. The molecule has 0 N–H and O–H groups in total. The zero-order chi connectivity index (χ0) is 9.73. The van der Waals surface area contributed by atoms with Crippen LogP contribution in [0.4, 0.5) is 0 Å². The van der Waals surface area contributed by atoms with Crippen LogP contribution in [0.3, 0.4) is 0 Å². The van der Waals surface area contributed by atoms with E-state index in [0.29, 0.717) is 5.92 Å². The van der Waals surface area contributed by atoms with E-state index in [9.17, 15) is 0 Å². The van der Waals surface area contributed by atoms with Gasteiger partial charge in [0.05, 0.1) is 13.2 Å². The fraction of sp³-hybridized carbons (Fsp3) is 1.00. The highest BCUT2D eigenvalue weighted by atomic mass is 16.7. The number of hydrogen-bond donors (Lipinski definition) is 0. The highest BCUT2D eigenvalue weighted by Gasteiger charge is 2.37. The first-order chi connectivity index (χ1) is 6.21. The lowest BCUT2D eigenvalue weighted by Gasteiger charge is -2.40. The molecule has 0 amide bonds. The molecule has 1 aliphatic rings. The van der Waals surface area contributed by atoms with Crippen molar-refractivity contribution in [3.8, 4) is 0 Å². The zero-order valence-electron chi connectivity index (χ0n) is 9.14. The summed E-state index contributed by atoms with van der Waals surface area (Å²) >= 11 is 0. The Morgan fingerprint density at radius 3 is 2.31 bits per heavy atom. The molecule has 0 spiro atoms. The van der Waals surface area contributed by atoms with Gasteiger partial charge in [-0.3, -0.25) is 0 Å². The van der Waals surface area contributed by atoms with E-state index in [-0.39, 0.29) is 5.79 Å². The number of unbranched alkanes of at least 4 members (excludes halogenated alkanes) is 1. The molecule has 2 heteroatoms. The summed E-state index contributed by atoms with van der Waals surface area (Å²) in [6.45, 7) is 8.29. The quantitative estimate of drug-likeness (QED) is 0.672. The molecule has 0 aromatic heterocycles. The van der Waals surface area contributed by atoms with Gasteiger partial charge in [-0.15, -0.1) is 0 Å². The van der Waals surface area contributed by atoms with Gasteiger partial charge in [0.15, 0.2) is 5.79 Å². The van der Waals surface area contributed by atoms with E-state index in [2.05, 4.69) is 20.8 Å². The molecule has 1 rings (SSSR count). The van der Waals surface area contributed by atoms with Crippen molar-refractivity contribution >= 4 is 0 Å². The van der Waals surface area contributed by atoms with Crippen molar-refractivity contribution in [1.29, 1.82) is 0 Å². The molecule has 13 heavy (non-hydrogen) atoms. The minimum Gasteiger partial charge on any atom is -0.350 e. The van der Waals surface area contributed by atoms with Gasteiger partial charge < -0.3 is 9.47 Å². The van der Waals surface area contributed by atoms with Gasteiger partial charge in [-0.2, -0.15) is 0 Å².